The molecule has 0 fully saturated rings. The Kier molecular flexibility index (Phi) is 7.17. The van der Waals surface area contributed by atoms with Crippen molar-refractivity contribution >= 4 is 21.5 Å². The fourth-order valence-corrected chi connectivity index (χ4v) is 9.79. The van der Waals surface area contributed by atoms with Crippen molar-refractivity contribution in [1.82, 2.24) is 15.0 Å². The quantitative estimate of drug-likeness (QED) is 0.168. The summed E-state index contributed by atoms with van der Waals surface area (Å²) in [7, 11) is 0. The number of hydrogen-bond donors (Lipinski definition) is 0. The number of fused-ring (bicyclic) bond motifs is 13. The van der Waals surface area contributed by atoms with Crippen molar-refractivity contribution in [3.63, 3.8) is 0 Å². The van der Waals surface area contributed by atoms with Gasteiger partial charge in [-0.1, -0.05) is 170 Å². The van der Waals surface area contributed by atoms with E-state index in [1.54, 1.807) is 0 Å². The third-order valence-corrected chi connectivity index (χ3v) is 12.4. The maximum atomic E-state index is 10.0. The zero-order chi connectivity index (χ0) is 39.1. The molecule has 0 amide bonds. The molecule has 1 spiro atoms. The predicted octanol–water partition coefficient (Wildman–Crippen LogP) is 13.1. The van der Waals surface area contributed by atoms with E-state index in [9.17, 15) is 5.26 Å². The first-order valence-electron chi connectivity index (χ1n) is 19.9. The van der Waals surface area contributed by atoms with Gasteiger partial charge in [0, 0.05) is 16.7 Å². The summed E-state index contributed by atoms with van der Waals surface area (Å²) in [6.07, 6.45) is 0. The molecule has 4 nitrogen and oxygen atoms in total. The first-order valence-corrected chi connectivity index (χ1v) is 19.9. The molecule has 9 aromatic carbocycles. The van der Waals surface area contributed by atoms with Crippen LogP contribution in [-0.2, 0) is 5.41 Å². The second kappa shape index (κ2) is 12.8. The number of rotatable bonds is 4. The molecule has 2 aliphatic carbocycles. The van der Waals surface area contributed by atoms with Crippen LogP contribution in [0.25, 0.3) is 89.1 Å². The Bertz CT molecular complexity index is 3350. The van der Waals surface area contributed by atoms with Crippen LogP contribution in [0.2, 0.25) is 0 Å². The van der Waals surface area contributed by atoms with Gasteiger partial charge in [0.05, 0.1) is 17.0 Å². The van der Waals surface area contributed by atoms with Crippen LogP contribution in [0.5, 0.6) is 0 Å². The van der Waals surface area contributed by atoms with Crippen LogP contribution >= 0.6 is 0 Å². The number of hydrogen-bond acceptors (Lipinski definition) is 4. The molecule has 0 saturated carbocycles. The van der Waals surface area contributed by atoms with Gasteiger partial charge in [-0.3, -0.25) is 0 Å². The van der Waals surface area contributed by atoms with Crippen molar-refractivity contribution in [1.29, 1.82) is 5.26 Å². The van der Waals surface area contributed by atoms with Gasteiger partial charge in [-0.2, -0.15) is 5.26 Å². The van der Waals surface area contributed by atoms with Gasteiger partial charge < -0.3 is 0 Å². The van der Waals surface area contributed by atoms with E-state index in [1.165, 1.54) is 44.2 Å². The summed E-state index contributed by atoms with van der Waals surface area (Å²) in [6, 6.07) is 70.9. The summed E-state index contributed by atoms with van der Waals surface area (Å²) in [6.45, 7) is 0. The molecule has 10 aromatic rings. The summed E-state index contributed by atoms with van der Waals surface area (Å²) in [5.41, 5.74) is 15.0. The third-order valence-electron chi connectivity index (χ3n) is 12.4. The van der Waals surface area contributed by atoms with Crippen LogP contribution < -0.4 is 0 Å². The SMILES string of the molecule is N#Cc1ccc2c(c1)-c1cc(-c3ccc(-c4nc(-c5ccccc5)nc(-c5cc6ccccc6c6ccccc56)n4)cc3)ccc1C21c2ccccc2-c2ccccc21. The molecule has 0 saturated heterocycles. The Labute approximate surface area is 341 Å². The molecule has 272 valence electrons. The zero-order valence-corrected chi connectivity index (χ0v) is 31.8. The smallest absolute Gasteiger partial charge is 0.164 e. The highest BCUT2D eigenvalue weighted by Gasteiger charge is 2.51. The van der Waals surface area contributed by atoms with Gasteiger partial charge in [-0.15, -0.1) is 0 Å². The highest BCUT2D eigenvalue weighted by Crippen LogP contribution is 2.63. The van der Waals surface area contributed by atoms with Crippen molar-refractivity contribution in [3.8, 4) is 73.6 Å². The van der Waals surface area contributed by atoms with Gasteiger partial charge in [0.1, 0.15) is 0 Å². The molecule has 1 aromatic heterocycles. The number of nitrogens with zero attached hydrogens (tertiary/aromatic N) is 4. The van der Waals surface area contributed by atoms with E-state index in [0.717, 1.165) is 49.7 Å². The molecule has 0 N–H and O–H groups in total. The lowest BCUT2D eigenvalue weighted by Gasteiger charge is -2.30. The van der Waals surface area contributed by atoms with E-state index in [4.69, 9.17) is 15.0 Å². The molecule has 0 unspecified atom stereocenters. The van der Waals surface area contributed by atoms with Crippen LogP contribution in [0.1, 0.15) is 27.8 Å². The third kappa shape index (κ3) is 4.86. The Hall–Kier alpha value is -8.00. The highest BCUT2D eigenvalue weighted by molar-refractivity contribution is 6.13. The topological polar surface area (TPSA) is 62.5 Å². The van der Waals surface area contributed by atoms with E-state index in [-0.39, 0.29) is 0 Å². The molecule has 0 bridgehead atoms. The summed E-state index contributed by atoms with van der Waals surface area (Å²) >= 11 is 0. The first kappa shape index (κ1) is 33.2. The standard InChI is InChI=1S/C55H32N4/c56-33-34-22-28-50-45(30-34)46-31-38(27-29-51(46)55(50)48-20-10-8-18-43(48)44-19-9-11-21-49(44)55)35-23-25-37(26-24-35)53-57-52(36-12-2-1-3-13-36)58-54(59-53)47-32-39-14-4-5-15-40(39)41-16-6-7-17-42(41)47/h1-32H. The van der Waals surface area contributed by atoms with Crippen LogP contribution in [0.4, 0.5) is 0 Å². The number of benzene rings is 9. The van der Waals surface area contributed by atoms with E-state index in [1.807, 2.05) is 36.4 Å². The summed E-state index contributed by atoms with van der Waals surface area (Å²) < 4.78 is 0. The lowest BCUT2D eigenvalue weighted by Crippen LogP contribution is -2.25. The second-order valence-electron chi connectivity index (χ2n) is 15.4. The average molecular weight is 749 g/mol. The monoisotopic (exact) mass is 748 g/mol. The Morgan fingerprint density at radius 1 is 0.339 bits per heavy atom. The maximum absolute atomic E-state index is 10.0. The van der Waals surface area contributed by atoms with Gasteiger partial charge in [-0.25, -0.2) is 15.0 Å². The molecule has 12 rings (SSSR count). The van der Waals surface area contributed by atoms with Gasteiger partial charge in [-0.05, 0) is 101 Å². The van der Waals surface area contributed by atoms with Crippen LogP contribution in [-0.4, -0.2) is 15.0 Å². The molecule has 2 aliphatic rings. The summed E-state index contributed by atoms with van der Waals surface area (Å²) in [4.78, 5) is 15.3. The predicted molar refractivity (Wildman–Crippen MR) is 238 cm³/mol. The normalized spacial score (nSPS) is 12.9. The molecule has 1 heterocycles. The molecule has 4 heteroatoms. The Morgan fingerprint density at radius 3 is 1.56 bits per heavy atom. The van der Waals surface area contributed by atoms with E-state index in [2.05, 4.69) is 164 Å². The van der Waals surface area contributed by atoms with Crippen molar-refractivity contribution in [2.45, 2.75) is 5.41 Å². The maximum Gasteiger partial charge on any atom is 0.164 e. The van der Waals surface area contributed by atoms with Gasteiger partial charge in [0.25, 0.3) is 0 Å². The number of nitriles is 1. The minimum atomic E-state index is -0.461. The molecular formula is C55H32N4. The summed E-state index contributed by atoms with van der Waals surface area (Å²) in [5, 5.41) is 14.6. The molecule has 0 atom stereocenters. The molecule has 0 aliphatic heterocycles. The minimum Gasteiger partial charge on any atom is -0.208 e. The Balaban J connectivity index is 0.995. The average Bonchev–Trinajstić information content (AvgIpc) is 3.78. The van der Waals surface area contributed by atoms with E-state index < -0.39 is 5.41 Å². The largest absolute Gasteiger partial charge is 0.208 e. The zero-order valence-electron chi connectivity index (χ0n) is 31.8. The van der Waals surface area contributed by atoms with Crippen LogP contribution in [0.3, 0.4) is 0 Å². The van der Waals surface area contributed by atoms with Crippen LogP contribution in [0.15, 0.2) is 194 Å². The van der Waals surface area contributed by atoms with Crippen molar-refractivity contribution in [3.05, 3.63) is 222 Å². The minimum absolute atomic E-state index is 0.461. The lowest BCUT2D eigenvalue weighted by molar-refractivity contribution is 0.794. The van der Waals surface area contributed by atoms with Gasteiger partial charge >= 0.3 is 0 Å². The van der Waals surface area contributed by atoms with Crippen LogP contribution in [0, 0.1) is 11.3 Å². The number of aromatic nitrogens is 3. The van der Waals surface area contributed by atoms with Crippen molar-refractivity contribution in [2.75, 3.05) is 0 Å². The van der Waals surface area contributed by atoms with Crippen molar-refractivity contribution < 1.29 is 0 Å². The fraction of sp³-hybridized carbons (Fsp3) is 0.0182. The van der Waals surface area contributed by atoms with E-state index in [0.29, 0.717) is 23.0 Å². The van der Waals surface area contributed by atoms with Gasteiger partial charge in [0.15, 0.2) is 17.5 Å². The second-order valence-corrected chi connectivity index (χ2v) is 15.4. The summed E-state index contributed by atoms with van der Waals surface area (Å²) in [5.74, 6) is 1.88. The first-order chi connectivity index (χ1) is 29.2. The highest BCUT2D eigenvalue weighted by atomic mass is 15.0. The molecule has 0 radical (unpaired) electrons. The fourth-order valence-electron chi connectivity index (χ4n) is 9.79. The molecule has 59 heavy (non-hydrogen) atoms. The van der Waals surface area contributed by atoms with E-state index >= 15 is 0 Å². The van der Waals surface area contributed by atoms with Gasteiger partial charge in [0.2, 0.25) is 0 Å². The Morgan fingerprint density at radius 2 is 0.847 bits per heavy atom. The lowest BCUT2D eigenvalue weighted by atomic mass is 9.70. The van der Waals surface area contributed by atoms with Crippen molar-refractivity contribution in [2.24, 2.45) is 0 Å². The molecular weight excluding hydrogens is 717 g/mol.